The minimum Gasteiger partial charge on any atom is -0.508 e. The monoisotopic (exact) mass is 265 g/mol. The predicted molar refractivity (Wildman–Crippen MR) is 75.0 cm³/mol. The first kappa shape index (κ1) is 12.2. The van der Waals surface area contributed by atoms with Gasteiger partial charge in [0.05, 0.1) is 11.3 Å². The van der Waals surface area contributed by atoms with Gasteiger partial charge in [0.2, 0.25) is 0 Å². The fraction of sp³-hybridized carbons (Fsp3) is 0. The molecule has 0 saturated heterocycles. The Morgan fingerprint density at radius 3 is 2.15 bits per heavy atom. The fourth-order valence-corrected chi connectivity index (χ4v) is 2.14. The first-order valence-corrected chi connectivity index (χ1v) is 6.11. The second kappa shape index (κ2) is 4.66. The minimum atomic E-state index is -0.375. The highest BCUT2D eigenvalue weighted by atomic mass is 16.3. The van der Waals surface area contributed by atoms with Crippen molar-refractivity contribution in [3.63, 3.8) is 0 Å². The van der Waals surface area contributed by atoms with Gasteiger partial charge in [-0.3, -0.25) is 9.59 Å². The van der Waals surface area contributed by atoms with Crippen LogP contribution in [0.2, 0.25) is 0 Å². The average molecular weight is 265 g/mol. The largest absolute Gasteiger partial charge is 0.508 e. The van der Waals surface area contributed by atoms with Crippen molar-refractivity contribution in [1.29, 1.82) is 0 Å². The van der Waals surface area contributed by atoms with E-state index >= 15 is 0 Å². The smallest absolute Gasteiger partial charge is 0.266 e. The summed E-state index contributed by atoms with van der Waals surface area (Å²) >= 11 is 0. The predicted octanol–water partition coefficient (Wildman–Crippen LogP) is 2.35. The van der Waals surface area contributed by atoms with Crippen molar-refractivity contribution in [2.75, 3.05) is 4.90 Å². The Kier molecular flexibility index (Phi) is 2.84. The number of nitrogens with zero attached hydrogens (tertiary/aromatic N) is 1. The molecule has 0 spiro atoms. The molecule has 2 amide bonds. The molecule has 0 aromatic heterocycles. The molecule has 1 aliphatic heterocycles. The lowest BCUT2D eigenvalue weighted by atomic mass is 10.1. The molecule has 0 aliphatic carbocycles. The second-order valence-corrected chi connectivity index (χ2v) is 4.42. The molecule has 4 heteroatoms. The van der Waals surface area contributed by atoms with Crippen LogP contribution in [0, 0.1) is 0 Å². The van der Waals surface area contributed by atoms with E-state index < -0.39 is 0 Å². The maximum Gasteiger partial charge on any atom is 0.266 e. The number of carbonyl (C=O) groups is 2. The number of aromatic hydroxyl groups is 1. The molecule has 0 radical (unpaired) electrons. The van der Waals surface area contributed by atoms with Crippen molar-refractivity contribution in [3.05, 3.63) is 66.2 Å². The third-order valence-corrected chi connectivity index (χ3v) is 3.11. The number of phenols is 1. The number of rotatable bonds is 2. The molecular formula is C16H11NO3. The summed E-state index contributed by atoms with van der Waals surface area (Å²) in [6, 6.07) is 15.0. The van der Waals surface area contributed by atoms with Gasteiger partial charge >= 0.3 is 0 Å². The maximum atomic E-state index is 12.4. The molecule has 0 unspecified atom stereocenters. The number of anilines is 1. The highest BCUT2D eigenvalue weighted by Gasteiger charge is 2.32. The summed E-state index contributed by atoms with van der Waals surface area (Å²) < 4.78 is 0. The molecule has 98 valence electrons. The normalized spacial score (nSPS) is 14.6. The molecule has 0 atom stereocenters. The maximum absolute atomic E-state index is 12.4. The first-order chi connectivity index (χ1) is 9.66. The summed E-state index contributed by atoms with van der Waals surface area (Å²) in [5.74, 6) is -0.643. The van der Waals surface area contributed by atoms with E-state index in [0.29, 0.717) is 16.8 Å². The molecule has 20 heavy (non-hydrogen) atoms. The summed E-state index contributed by atoms with van der Waals surface area (Å²) in [7, 11) is 0. The summed E-state index contributed by atoms with van der Waals surface area (Å²) in [6.45, 7) is 0. The summed E-state index contributed by atoms with van der Waals surface area (Å²) in [5, 5.41) is 9.26. The van der Waals surface area contributed by atoms with Crippen LogP contribution in [-0.2, 0) is 9.59 Å². The van der Waals surface area contributed by atoms with Crippen LogP contribution in [0.4, 0.5) is 5.69 Å². The Morgan fingerprint density at radius 2 is 1.50 bits per heavy atom. The zero-order valence-electron chi connectivity index (χ0n) is 10.5. The molecule has 0 fully saturated rings. The van der Waals surface area contributed by atoms with Gasteiger partial charge in [0.25, 0.3) is 11.8 Å². The molecule has 4 nitrogen and oxygen atoms in total. The third-order valence-electron chi connectivity index (χ3n) is 3.11. The van der Waals surface area contributed by atoms with Crippen LogP contribution in [0.25, 0.3) is 5.57 Å². The first-order valence-electron chi connectivity index (χ1n) is 6.11. The van der Waals surface area contributed by atoms with Gasteiger partial charge < -0.3 is 5.11 Å². The van der Waals surface area contributed by atoms with Gasteiger partial charge in [-0.2, -0.15) is 0 Å². The molecule has 3 rings (SSSR count). The SMILES string of the molecule is O=C1C=C(c2ccccc2)C(=O)N1c1ccc(O)cc1. The lowest BCUT2D eigenvalue weighted by molar-refractivity contribution is -0.119. The Labute approximate surface area is 115 Å². The number of imide groups is 1. The van der Waals surface area contributed by atoms with Crippen LogP contribution in [0.3, 0.4) is 0 Å². The quantitative estimate of drug-likeness (QED) is 0.848. The molecule has 2 aromatic carbocycles. The van der Waals surface area contributed by atoms with E-state index in [1.807, 2.05) is 18.2 Å². The number of phenolic OH excluding ortho intramolecular Hbond substituents is 1. The Hall–Kier alpha value is -2.88. The van der Waals surface area contributed by atoms with E-state index in [4.69, 9.17) is 0 Å². The minimum absolute atomic E-state index is 0.0871. The number of amides is 2. The van der Waals surface area contributed by atoms with Gasteiger partial charge in [0, 0.05) is 6.08 Å². The third kappa shape index (κ3) is 1.97. The molecule has 2 aromatic rings. The molecular weight excluding hydrogens is 254 g/mol. The van der Waals surface area contributed by atoms with Crippen molar-refractivity contribution in [1.82, 2.24) is 0 Å². The van der Waals surface area contributed by atoms with Gasteiger partial charge in [-0.15, -0.1) is 0 Å². The van der Waals surface area contributed by atoms with Gasteiger partial charge in [0.15, 0.2) is 0 Å². The molecule has 1 heterocycles. The lowest BCUT2D eigenvalue weighted by Crippen LogP contribution is -2.30. The average Bonchev–Trinajstić information content (AvgIpc) is 2.76. The van der Waals surface area contributed by atoms with E-state index in [1.54, 1.807) is 12.1 Å². The van der Waals surface area contributed by atoms with Crippen molar-refractivity contribution >= 4 is 23.1 Å². The van der Waals surface area contributed by atoms with E-state index in [0.717, 1.165) is 4.90 Å². The van der Waals surface area contributed by atoms with Crippen molar-refractivity contribution in [3.8, 4) is 5.75 Å². The molecule has 0 saturated carbocycles. The van der Waals surface area contributed by atoms with E-state index in [1.165, 1.54) is 30.3 Å². The van der Waals surface area contributed by atoms with Crippen LogP contribution in [0.15, 0.2) is 60.7 Å². The zero-order chi connectivity index (χ0) is 14.1. The van der Waals surface area contributed by atoms with E-state index in [2.05, 4.69) is 0 Å². The Morgan fingerprint density at radius 1 is 0.850 bits per heavy atom. The number of benzene rings is 2. The molecule has 1 N–H and O–H groups in total. The topological polar surface area (TPSA) is 57.6 Å². The lowest BCUT2D eigenvalue weighted by Gasteiger charge is -2.14. The summed E-state index contributed by atoms with van der Waals surface area (Å²) in [4.78, 5) is 25.5. The van der Waals surface area contributed by atoms with Gasteiger partial charge in [-0.05, 0) is 29.8 Å². The van der Waals surface area contributed by atoms with Crippen molar-refractivity contribution in [2.45, 2.75) is 0 Å². The van der Waals surface area contributed by atoms with Crippen molar-refractivity contribution in [2.24, 2.45) is 0 Å². The summed E-state index contributed by atoms with van der Waals surface area (Å²) in [6.07, 6.45) is 1.34. The zero-order valence-corrected chi connectivity index (χ0v) is 10.5. The highest BCUT2D eigenvalue weighted by molar-refractivity contribution is 6.43. The van der Waals surface area contributed by atoms with E-state index in [9.17, 15) is 14.7 Å². The number of carbonyl (C=O) groups excluding carboxylic acids is 2. The van der Waals surface area contributed by atoms with Crippen LogP contribution >= 0.6 is 0 Å². The van der Waals surface area contributed by atoms with Gasteiger partial charge in [-0.25, -0.2) is 4.90 Å². The molecule has 0 bridgehead atoms. The van der Waals surface area contributed by atoms with Crippen LogP contribution in [-0.4, -0.2) is 16.9 Å². The van der Waals surface area contributed by atoms with E-state index in [-0.39, 0.29) is 17.6 Å². The highest BCUT2D eigenvalue weighted by Crippen LogP contribution is 2.28. The van der Waals surface area contributed by atoms with Crippen LogP contribution < -0.4 is 4.90 Å². The second-order valence-electron chi connectivity index (χ2n) is 4.42. The summed E-state index contributed by atoms with van der Waals surface area (Å²) in [5.41, 5.74) is 1.54. The Bertz CT molecular complexity index is 702. The molecule has 1 aliphatic rings. The van der Waals surface area contributed by atoms with Crippen LogP contribution in [0.5, 0.6) is 5.75 Å². The van der Waals surface area contributed by atoms with Crippen LogP contribution in [0.1, 0.15) is 5.56 Å². The number of hydrogen-bond acceptors (Lipinski definition) is 3. The Balaban J connectivity index is 1.97. The van der Waals surface area contributed by atoms with Gasteiger partial charge in [0.1, 0.15) is 5.75 Å². The van der Waals surface area contributed by atoms with Crippen molar-refractivity contribution < 1.29 is 14.7 Å². The fourth-order valence-electron chi connectivity index (χ4n) is 2.14. The number of hydrogen-bond donors (Lipinski definition) is 1. The standard InChI is InChI=1S/C16H11NO3/c18-13-8-6-12(7-9-13)17-15(19)10-14(16(17)20)11-4-2-1-3-5-11/h1-10,18H. The van der Waals surface area contributed by atoms with Gasteiger partial charge in [-0.1, -0.05) is 30.3 Å².